The van der Waals surface area contributed by atoms with Crippen molar-refractivity contribution in [2.45, 2.75) is 18.9 Å². The molecule has 2 aromatic rings. The Morgan fingerprint density at radius 1 is 1.12 bits per heavy atom. The zero-order valence-corrected chi connectivity index (χ0v) is 13.6. The van der Waals surface area contributed by atoms with Crippen LogP contribution < -0.4 is 4.74 Å². The number of aliphatic hydroxyl groups excluding tert-OH is 1. The lowest BCUT2D eigenvalue weighted by molar-refractivity contribution is 0.0792. The topological polar surface area (TPSA) is 49.8 Å². The number of nitrogens with zero attached hydrogens (tertiary/aromatic N) is 1. The molecule has 3 rings (SSSR count). The van der Waals surface area contributed by atoms with E-state index in [-0.39, 0.29) is 18.1 Å². The highest BCUT2D eigenvalue weighted by molar-refractivity contribution is 5.94. The number of carbonyl (C=O) groups is 1. The van der Waals surface area contributed by atoms with E-state index < -0.39 is 17.7 Å². The molecule has 6 heteroatoms. The van der Waals surface area contributed by atoms with Crippen LogP contribution in [0.1, 0.15) is 34.9 Å². The molecule has 1 unspecified atom stereocenters. The van der Waals surface area contributed by atoms with Crippen LogP contribution in [0.2, 0.25) is 0 Å². The molecule has 132 valence electrons. The second kappa shape index (κ2) is 7.61. The Bertz CT molecular complexity index is 743. The molecular formula is C19H19F2NO3. The van der Waals surface area contributed by atoms with Crippen molar-refractivity contribution < 1.29 is 23.4 Å². The van der Waals surface area contributed by atoms with Gasteiger partial charge in [0, 0.05) is 24.2 Å². The standard InChI is InChI=1S/C19H19F2NO3/c20-14-5-8-17(21)16(11-14)18(23)12-25-15-6-3-13(4-7-15)19(24)22-9-1-2-10-22/h3-8,11,18,23H,1-2,9-10,12H2. The van der Waals surface area contributed by atoms with Gasteiger partial charge < -0.3 is 14.7 Å². The van der Waals surface area contributed by atoms with Crippen molar-refractivity contribution in [3.8, 4) is 5.75 Å². The predicted octanol–water partition coefficient (Wildman–Crippen LogP) is 3.31. The molecule has 25 heavy (non-hydrogen) atoms. The van der Waals surface area contributed by atoms with Crippen molar-refractivity contribution in [3.05, 3.63) is 65.2 Å². The van der Waals surface area contributed by atoms with Crippen LogP contribution in [0.4, 0.5) is 8.78 Å². The third-order valence-electron chi connectivity index (χ3n) is 4.22. The average Bonchev–Trinajstić information content (AvgIpc) is 3.16. The molecule has 1 N–H and O–H groups in total. The van der Waals surface area contributed by atoms with Crippen molar-refractivity contribution in [1.29, 1.82) is 0 Å². The third-order valence-corrected chi connectivity index (χ3v) is 4.22. The molecule has 0 bridgehead atoms. The van der Waals surface area contributed by atoms with Crippen LogP contribution in [0.25, 0.3) is 0 Å². The van der Waals surface area contributed by atoms with Gasteiger partial charge in [-0.15, -0.1) is 0 Å². The van der Waals surface area contributed by atoms with Gasteiger partial charge in [-0.2, -0.15) is 0 Å². The number of rotatable bonds is 5. The first kappa shape index (κ1) is 17.4. The van der Waals surface area contributed by atoms with Gasteiger partial charge in [0.25, 0.3) is 5.91 Å². The smallest absolute Gasteiger partial charge is 0.253 e. The average molecular weight is 347 g/mol. The fourth-order valence-corrected chi connectivity index (χ4v) is 2.83. The maximum absolute atomic E-state index is 13.6. The molecule has 0 aliphatic carbocycles. The summed E-state index contributed by atoms with van der Waals surface area (Å²) in [6, 6.07) is 9.46. The Morgan fingerprint density at radius 2 is 1.80 bits per heavy atom. The molecule has 2 aromatic carbocycles. The molecule has 0 saturated carbocycles. The summed E-state index contributed by atoms with van der Waals surface area (Å²) < 4.78 is 32.2. The highest BCUT2D eigenvalue weighted by atomic mass is 19.1. The summed E-state index contributed by atoms with van der Waals surface area (Å²) in [7, 11) is 0. The molecule has 1 atom stereocenters. The van der Waals surface area contributed by atoms with Crippen molar-refractivity contribution in [2.24, 2.45) is 0 Å². The van der Waals surface area contributed by atoms with Crippen LogP contribution >= 0.6 is 0 Å². The maximum Gasteiger partial charge on any atom is 0.253 e. The molecule has 1 aliphatic heterocycles. The molecule has 4 nitrogen and oxygen atoms in total. The lowest BCUT2D eigenvalue weighted by atomic mass is 10.1. The largest absolute Gasteiger partial charge is 0.491 e. The van der Waals surface area contributed by atoms with E-state index in [1.807, 2.05) is 4.90 Å². The molecule has 1 amide bonds. The number of ether oxygens (including phenoxy) is 1. The van der Waals surface area contributed by atoms with Gasteiger partial charge in [0.1, 0.15) is 30.1 Å². The quantitative estimate of drug-likeness (QED) is 0.903. The maximum atomic E-state index is 13.6. The Kier molecular flexibility index (Phi) is 5.28. The van der Waals surface area contributed by atoms with Gasteiger partial charge in [-0.25, -0.2) is 8.78 Å². The number of hydrogen-bond acceptors (Lipinski definition) is 3. The van der Waals surface area contributed by atoms with Gasteiger partial charge in [0.15, 0.2) is 0 Å². The normalized spacial score (nSPS) is 15.2. The van der Waals surface area contributed by atoms with Crippen molar-refractivity contribution in [3.63, 3.8) is 0 Å². The van der Waals surface area contributed by atoms with Crippen LogP contribution in [0.3, 0.4) is 0 Å². The molecule has 0 spiro atoms. The summed E-state index contributed by atoms with van der Waals surface area (Å²) in [5.41, 5.74) is 0.423. The van der Waals surface area contributed by atoms with Crippen LogP contribution in [-0.2, 0) is 0 Å². The summed E-state index contributed by atoms with van der Waals surface area (Å²) in [5.74, 6) is -0.885. The van der Waals surface area contributed by atoms with E-state index in [1.165, 1.54) is 0 Å². The van der Waals surface area contributed by atoms with E-state index in [0.717, 1.165) is 44.1 Å². The minimum absolute atomic E-state index is 0.00841. The van der Waals surface area contributed by atoms with Crippen molar-refractivity contribution in [2.75, 3.05) is 19.7 Å². The fourth-order valence-electron chi connectivity index (χ4n) is 2.83. The van der Waals surface area contributed by atoms with Crippen molar-refractivity contribution in [1.82, 2.24) is 4.90 Å². The first-order valence-corrected chi connectivity index (χ1v) is 8.20. The number of amides is 1. The third kappa shape index (κ3) is 4.14. The Morgan fingerprint density at radius 3 is 2.48 bits per heavy atom. The molecule has 1 heterocycles. The van der Waals surface area contributed by atoms with Gasteiger partial charge in [-0.05, 0) is 55.3 Å². The van der Waals surface area contributed by atoms with Crippen LogP contribution in [0.5, 0.6) is 5.75 Å². The molecule has 1 aliphatic rings. The summed E-state index contributed by atoms with van der Waals surface area (Å²) in [4.78, 5) is 14.1. The highest BCUT2D eigenvalue weighted by Crippen LogP contribution is 2.21. The number of aliphatic hydroxyl groups is 1. The van der Waals surface area contributed by atoms with E-state index in [9.17, 15) is 18.7 Å². The first-order chi connectivity index (χ1) is 12.0. The van der Waals surface area contributed by atoms with Gasteiger partial charge >= 0.3 is 0 Å². The predicted molar refractivity (Wildman–Crippen MR) is 88.4 cm³/mol. The number of halogens is 2. The summed E-state index contributed by atoms with van der Waals surface area (Å²) in [6.07, 6.45) is 0.768. The minimum Gasteiger partial charge on any atom is -0.491 e. The Hall–Kier alpha value is -2.47. The first-order valence-electron chi connectivity index (χ1n) is 8.20. The monoisotopic (exact) mass is 347 g/mol. The molecular weight excluding hydrogens is 328 g/mol. The van der Waals surface area contributed by atoms with Crippen LogP contribution in [0, 0.1) is 11.6 Å². The zero-order chi connectivity index (χ0) is 17.8. The summed E-state index contributed by atoms with van der Waals surface area (Å²) in [5, 5.41) is 9.98. The number of benzene rings is 2. The van der Waals surface area contributed by atoms with E-state index in [1.54, 1.807) is 24.3 Å². The van der Waals surface area contributed by atoms with Gasteiger partial charge in [0.05, 0.1) is 0 Å². The van der Waals surface area contributed by atoms with E-state index in [0.29, 0.717) is 11.3 Å². The Labute approximate surface area is 144 Å². The Balaban J connectivity index is 1.60. The molecule has 1 fully saturated rings. The van der Waals surface area contributed by atoms with Crippen LogP contribution in [0.15, 0.2) is 42.5 Å². The van der Waals surface area contributed by atoms with Gasteiger partial charge in [-0.3, -0.25) is 4.79 Å². The second-order valence-electron chi connectivity index (χ2n) is 6.02. The van der Waals surface area contributed by atoms with Gasteiger partial charge in [-0.1, -0.05) is 0 Å². The summed E-state index contributed by atoms with van der Waals surface area (Å²) in [6.45, 7) is 1.34. The van der Waals surface area contributed by atoms with Crippen molar-refractivity contribution >= 4 is 5.91 Å². The number of carbonyl (C=O) groups excluding carboxylic acids is 1. The summed E-state index contributed by atoms with van der Waals surface area (Å²) >= 11 is 0. The number of hydrogen-bond donors (Lipinski definition) is 1. The zero-order valence-electron chi connectivity index (χ0n) is 13.6. The highest BCUT2D eigenvalue weighted by Gasteiger charge is 2.19. The van der Waals surface area contributed by atoms with Crippen LogP contribution in [-0.4, -0.2) is 35.6 Å². The van der Waals surface area contributed by atoms with Gasteiger partial charge in [0.2, 0.25) is 0 Å². The number of likely N-dealkylation sites (tertiary alicyclic amines) is 1. The van der Waals surface area contributed by atoms with E-state index >= 15 is 0 Å². The SMILES string of the molecule is O=C(c1ccc(OCC(O)c2cc(F)ccc2F)cc1)N1CCCC1. The second-order valence-corrected chi connectivity index (χ2v) is 6.02. The van der Waals surface area contributed by atoms with E-state index in [2.05, 4.69) is 0 Å². The molecule has 1 saturated heterocycles. The lowest BCUT2D eigenvalue weighted by Crippen LogP contribution is -2.27. The lowest BCUT2D eigenvalue weighted by Gasteiger charge is -2.16. The van der Waals surface area contributed by atoms with E-state index in [4.69, 9.17) is 4.74 Å². The fraction of sp³-hybridized carbons (Fsp3) is 0.316. The molecule has 0 aromatic heterocycles. The minimum atomic E-state index is -1.29. The molecule has 0 radical (unpaired) electrons.